The van der Waals surface area contributed by atoms with Crippen LogP contribution in [0.15, 0.2) is 10.7 Å². The summed E-state index contributed by atoms with van der Waals surface area (Å²) in [5.74, 6) is 1.19. The summed E-state index contributed by atoms with van der Waals surface area (Å²) in [4.78, 5) is 19.2. The first-order valence-corrected chi connectivity index (χ1v) is 5.61. The van der Waals surface area contributed by atoms with Gasteiger partial charge in [0.05, 0.1) is 4.47 Å². The summed E-state index contributed by atoms with van der Waals surface area (Å²) in [6.45, 7) is 0.526. The highest BCUT2D eigenvalue weighted by molar-refractivity contribution is 9.10. The molecule has 7 heteroatoms. The quantitative estimate of drug-likeness (QED) is 0.748. The summed E-state index contributed by atoms with van der Waals surface area (Å²) >= 11 is 3.33. The third-order valence-electron chi connectivity index (χ3n) is 1.89. The molecule has 0 unspecified atom stereocenters. The van der Waals surface area contributed by atoms with Gasteiger partial charge in [-0.05, 0) is 15.9 Å². The monoisotopic (exact) mass is 287 g/mol. The first-order valence-electron chi connectivity index (χ1n) is 4.82. The minimum atomic E-state index is -0.00785. The second kappa shape index (κ2) is 6.26. The third-order valence-corrected chi connectivity index (χ3v) is 2.47. The summed E-state index contributed by atoms with van der Waals surface area (Å²) in [5.41, 5.74) is 0. The number of anilines is 2. The Labute approximate surface area is 102 Å². The second-order valence-electron chi connectivity index (χ2n) is 2.99. The van der Waals surface area contributed by atoms with E-state index in [1.54, 1.807) is 20.3 Å². The molecule has 0 aliphatic rings. The molecule has 0 saturated heterocycles. The number of rotatable bonds is 5. The van der Waals surface area contributed by atoms with E-state index in [0.29, 0.717) is 24.7 Å². The minimum Gasteiger partial charge on any atom is -0.368 e. The number of hydrogen-bond donors (Lipinski definition) is 3. The molecule has 0 spiro atoms. The van der Waals surface area contributed by atoms with E-state index >= 15 is 0 Å². The lowest BCUT2D eigenvalue weighted by Gasteiger charge is -2.08. The molecule has 1 rings (SSSR count). The van der Waals surface area contributed by atoms with Crippen LogP contribution in [0.4, 0.5) is 11.8 Å². The summed E-state index contributed by atoms with van der Waals surface area (Å²) < 4.78 is 0.767. The molecule has 1 aromatic rings. The summed E-state index contributed by atoms with van der Waals surface area (Å²) in [5, 5.41) is 8.45. The van der Waals surface area contributed by atoms with Crippen molar-refractivity contribution in [1.82, 2.24) is 15.3 Å². The van der Waals surface area contributed by atoms with E-state index < -0.39 is 0 Å². The molecule has 1 aromatic heterocycles. The van der Waals surface area contributed by atoms with E-state index in [4.69, 9.17) is 0 Å². The van der Waals surface area contributed by atoms with Crippen molar-refractivity contribution in [3.63, 3.8) is 0 Å². The van der Waals surface area contributed by atoms with Crippen molar-refractivity contribution >= 4 is 33.6 Å². The van der Waals surface area contributed by atoms with Gasteiger partial charge in [-0.25, -0.2) is 4.98 Å². The Morgan fingerprint density at radius 1 is 1.50 bits per heavy atom. The Morgan fingerprint density at radius 2 is 2.25 bits per heavy atom. The fraction of sp³-hybridized carbons (Fsp3) is 0.444. The molecule has 1 heterocycles. The van der Waals surface area contributed by atoms with Gasteiger partial charge < -0.3 is 16.0 Å². The number of carbonyl (C=O) groups excluding carboxylic acids is 1. The van der Waals surface area contributed by atoms with Crippen LogP contribution in [0.5, 0.6) is 0 Å². The fourth-order valence-corrected chi connectivity index (χ4v) is 1.36. The van der Waals surface area contributed by atoms with Crippen LogP contribution in [0.2, 0.25) is 0 Å². The Hall–Kier alpha value is -1.37. The van der Waals surface area contributed by atoms with Gasteiger partial charge in [0, 0.05) is 33.3 Å². The topological polar surface area (TPSA) is 78.9 Å². The van der Waals surface area contributed by atoms with Crippen LogP contribution in [0, 0.1) is 0 Å². The van der Waals surface area contributed by atoms with Crippen molar-refractivity contribution in [3.8, 4) is 0 Å². The van der Waals surface area contributed by atoms with Gasteiger partial charge in [0.2, 0.25) is 11.9 Å². The lowest BCUT2D eigenvalue weighted by atomic mass is 10.4. The molecule has 0 bridgehead atoms. The third kappa shape index (κ3) is 3.65. The van der Waals surface area contributed by atoms with Crippen molar-refractivity contribution < 1.29 is 4.79 Å². The van der Waals surface area contributed by atoms with Crippen LogP contribution in [-0.4, -0.2) is 36.5 Å². The fourth-order valence-electron chi connectivity index (χ4n) is 1.03. The number of nitrogens with one attached hydrogen (secondary N) is 3. The summed E-state index contributed by atoms with van der Waals surface area (Å²) in [6, 6.07) is 0. The Balaban J connectivity index is 2.55. The number of nitrogens with zero attached hydrogens (tertiary/aromatic N) is 2. The smallest absolute Gasteiger partial charge is 0.224 e. The maximum absolute atomic E-state index is 11.0. The molecule has 0 aromatic carbocycles. The van der Waals surface area contributed by atoms with Crippen LogP contribution in [0.1, 0.15) is 6.42 Å². The number of hydrogen-bond acceptors (Lipinski definition) is 5. The van der Waals surface area contributed by atoms with Gasteiger partial charge in [-0.15, -0.1) is 0 Å². The van der Waals surface area contributed by atoms with Gasteiger partial charge in [0.15, 0.2) is 0 Å². The van der Waals surface area contributed by atoms with E-state index in [-0.39, 0.29) is 5.91 Å². The molecule has 16 heavy (non-hydrogen) atoms. The predicted molar refractivity (Wildman–Crippen MR) is 66.5 cm³/mol. The van der Waals surface area contributed by atoms with E-state index in [1.165, 1.54) is 0 Å². The van der Waals surface area contributed by atoms with Crippen molar-refractivity contribution in [2.24, 2.45) is 0 Å². The maximum Gasteiger partial charge on any atom is 0.224 e. The standard InChI is InChI=1S/C9H14BrN5O/c1-11-7(16)3-4-13-8-6(10)5-14-9(12-2)15-8/h5H,3-4H2,1-2H3,(H,11,16)(H2,12,13,14,15). The first-order chi connectivity index (χ1) is 7.67. The molecule has 0 radical (unpaired) electrons. The lowest BCUT2D eigenvalue weighted by molar-refractivity contribution is -0.120. The van der Waals surface area contributed by atoms with Gasteiger partial charge in [0.25, 0.3) is 0 Å². The number of amides is 1. The summed E-state index contributed by atoms with van der Waals surface area (Å²) in [7, 11) is 3.36. The number of aromatic nitrogens is 2. The first kappa shape index (κ1) is 12.7. The van der Waals surface area contributed by atoms with Gasteiger partial charge >= 0.3 is 0 Å². The van der Waals surface area contributed by atoms with Crippen LogP contribution in [0.25, 0.3) is 0 Å². The van der Waals surface area contributed by atoms with Crippen molar-refractivity contribution in [2.45, 2.75) is 6.42 Å². The van der Waals surface area contributed by atoms with E-state index in [0.717, 1.165) is 4.47 Å². The Kier molecular flexibility index (Phi) is 4.97. The van der Waals surface area contributed by atoms with Crippen molar-refractivity contribution in [2.75, 3.05) is 31.3 Å². The minimum absolute atomic E-state index is 0.00785. The van der Waals surface area contributed by atoms with Gasteiger partial charge in [-0.3, -0.25) is 4.79 Å². The van der Waals surface area contributed by atoms with Crippen LogP contribution in [-0.2, 0) is 4.79 Å². The second-order valence-corrected chi connectivity index (χ2v) is 3.84. The number of halogens is 1. The molecule has 0 fully saturated rings. The van der Waals surface area contributed by atoms with Crippen LogP contribution in [0.3, 0.4) is 0 Å². The predicted octanol–water partition coefficient (Wildman–Crippen LogP) is 0.829. The highest BCUT2D eigenvalue weighted by atomic mass is 79.9. The van der Waals surface area contributed by atoms with Crippen molar-refractivity contribution in [3.05, 3.63) is 10.7 Å². The zero-order valence-electron chi connectivity index (χ0n) is 9.17. The Morgan fingerprint density at radius 3 is 2.88 bits per heavy atom. The molecule has 3 N–H and O–H groups in total. The summed E-state index contributed by atoms with van der Waals surface area (Å²) in [6.07, 6.45) is 2.06. The van der Waals surface area contributed by atoms with Gasteiger partial charge in [0.1, 0.15) is 5.82 Å². The van der Waals surface area contributed by atoms with Crippen LogP contribution >= 0.6 is 15.9 Å². The maximum atomic E-state index is 11.0. The normalized spacial score (nSPS) is 9.69. The van der Waals surface area contributed by atoms with E-state index in [1.807, 2.05) is 0 Å². The molecule has 1 amide bonds. The highest BCUT2D eigenvalue weighted by Crippen LogP contribution is 2.19. The van der Waals surface area contributed by atoms with E-state index in [9.17, 15) is 4.79 Å². The lowest BCUT2D eigenvalue weighted by Crippen LogP contribution is -2.21. The molecular formula is C9H14BrN5O. The average molecular weight is 288 g/mol. The van der Waals surface area contributed by atoms with Gasteiger partial charge in [-0.1, -0.05) is 0 Å². The molecular weight excluding hydrogens is 274 g/mol. The van der Waals surface area contributed by atoms with Crippen molar-refractivity contribution in [1.29, 1.82) is 0 Å². The molecule has 0 aliphatic carbocycles. The molecule has 0 aliphatic heterocycles. The SMILES string of the molecule is CNC(=O)CCNc1nc(NC)ncc1Br. The highest BCUT2D eigenvalue weighted by Gasteiger charge is 2.04. The number of carbonyl (C=O) groups is 1. The molecule has 6 nitrogen and oxygen atoms in total. The zero-order chi connectivity index (χ0) is 12.0. The molecule has 0 saturated carbocycles. The molecule has 88 valence electrons. The van der Waals surface area contributed by atoms with E-state index in [2.05, 4.69) is 41.8 Å². The largest absolute Gasteiger partial charge is 0.368 e. The molecule has 0 atom stereocenters. The average Bonchev–Trinajstić information content (AvgIpc) is 2.31. The van der Waals surface area contributed by atoms with Crippen LogP contribution < -0.4 is 16.0 Å². The zero-order valence-corrected chi connectivity index (χ0v) is 10.8. The Bertz CT molecular complexity index is 371. The van der Waals surface area contributed by atoms with Gasteiger partial charge in [-0.2, -0.15) is 4.98 Å².